The molecule has 0 aliphatic carbocycles. The average Bonchev–Trinajstić information content (AvgIpc) is 3.12. The number of rotatable bonds is 4. The van der Waals surface area contributed by atoms with Gasteiger partial charge in [0.25, 0.3) is 0 Å². The summed E-state index contributed by atoms with van der Waals surface area (Å²) in [5, 5.41) is 5.17. The second kappa shape index (κ2) is 6.67. The van der Waals surface area contributed by atoms with Gasteiger partial charge in [-0.05, 0) is 42.1 Å². The van der Waals surface area contributed by atoms with E-state index in [1.54, 1.807) is 22.8 Å². The van der Waals surface area contributed by atoms with Gasteiger partial charge < -0.3 is 14.6 Å². The molecule has 124 valence electrons. The van der Waals surface area contributed by atoms with Gasteiger partial charge in [-0.25, -0.2) is 4.79 Å². The normalized spacial score (nSPS) is 10.8. The van der Waals surface area contributed by atoms with Crippen LogP contribution in [0.2, 0.25) is 5.02 Å². The Kier molecular flexibility index (Phi) is 4.59. The third-order valence-corrected chi connectivity index (χ3v) is 4.78. The number of carbonyl (C=O) groups excluding carboxylic acids is 2. The lowest BCUT2D eigenvalue weighted by Gasteiger charge is -2.11. The fourth-order valence-electron chi connectivity index (χ4n) is 2.48. The third-order valence-electron chi connectivity index (χ3n) is 3.62. The second-order valence-electron chi connectivity index (χ2n) is 5.31. The number of carbonyl (C=O) groups is 2. The highest BCUT2D eigenvalue weighted by atomic mass is 35.5. The van der Waals surface area contributed by atoms with E-state index in [9.17, 15) is 9.59 Å². The molecule has 1 N–H and O–H groups in total. The van der Waals surface area contributed by atoms with Crippen molar-refractivity contribution in [3.05, 3.63) is 52.0 Å². The molecule has 0 unspecified atom stereocenters. The minimum absolute atomic E-state index is 0.00509. The Bertz CT molecular complexity index is 929. The molecule has 0 saturated carbocycles. The Morgan fingerprint density at radius 3 is 2.79 bits per heavy atom. The van der Waals surface area contributed by atoms with E-state index in [0.29, 0.717) is 16.4 Å². The van der Waals surface area contributed by atoms with Gasteiger partial charge in [0.05, 0.1) is 28.0 Å². The van der Waals surface area contributed by atoms with Crippen molar-refractivity contribution in [3.63, 3.8) is 0 Å². The second-order valence-corrected chi connectivity index (χ2v) is 6.66. The molecule has 0 radical (unpaired) electrons. The van der Waals surface area contributed by atoms with Gasteiger partial charge in [0.15, 0.2) is 0 Å². The van der Waals surface area contributed by atoms with Crippen molar-refractivity contribution >= 4 is 50.7 Å². The summed E-state index contributed by atoms with van der Waals surface area (Å²) in [5.41, 5.74) is 2.73. The van der Waals surface area contributed by atoms with E-state index in [0.717, 1.165) is 15.8 Å². The molecule has 3 rings (SSSR count). The Morgan fingerprint density at radius 1 is 1.29 bits per heavy atom. The van der Waals surface area contributed by atoms with Gasteiger partial charge >= 0.3 is 5.97 Å². The number of thiophene rings is 1. The maximum atomic E-state index is 12.4. The van der Waals surface area contributed by atoms with Crippen molar-refractivity contribution in [3.8, 4) is 0 Å². The van der Waals surface area contributed by atoms with Gasteiger partial charge in [-0.1, -0.05) is 17.7 Å². The first-order valence-corrected chi connectivity index (χ1v) is 8.46. The fourth-order valence-corrected chi connectivity index (χ4v) is 3.58. The molecule has 1 aromatic carbocycles. The van der Waals surface area contributed by atoms with Crippen LogP contribution in [0.25, 0.3) is 10.2 Å². The number of halogens is 1. The summed E-state index contributed by atoms with van der Waals surface area (Å²) < 4.78 is 7.38. The van der Waals surface area contributed by atoms with E-state index in [4.69, 9.17) is 16.3 Å². The molecule has 2 aromatic heterocycles. The number of hydrogen-bond acceptors (Lipinski definition) is 4. The highest BCUT2D eigenvalue weighted by molar-refractivity contribution is 7.17. The highest BCUT2D eigenvalue weighted by Gasteiger charge is 2.19. The van der Waals surface area contributed by atoms with Crippen LogP contribution in [0.4, 0.5) is 5.69 Å². The van der Waals surface area contributed by atoms with E-state index in [1.807, 2.05) is 24.4 Å². The van der Waals surface area contributed by atoms with Crippen LogP contribution >= 0.6 is 22.9 Å². The van der Waals surface area contributed by atoms with Crippen LogP contribution in [0.5, 0.6) is 0 Å². The standard InChI is InChI=1S/C17H15ClN2O3S/c1-10-3-4-12(11(18)7-10)19-16(21)9-20-13-5-6-24-15(13)8-14(20)17(22)23-2/h3-8H,9H2,1-2H3,(H,19,21). The fraction of sp³-hybridized carbons (Fsp3) is 0.176. The van der Waals surface area contributed by atoms with Gasteiger partial charge in [0.2, 0.25) is 5.91 Å². The quantitative estimate of drug-likeness (QED) is 0.711. The number of aromatic nitrogens is 1. The molecule has 5 nitrogen and oxygen atoms in total. The number of fused-ring (bicyclic) bond motifs is 1. The van der Waals surface area contributed by atoms with Crippen molar-refractivity contribution in [1.29, 1.82) is 0 Å². The molecule has 0 bridgehead atoms. The molecular weight excluding hydrogens is 348 g/mol. The van der Waals surface area contributed by atoms with Crippen molar-refractivity contribution < 1.29 is 14.3 Å². The zero-order valence-corrected chi connectivity index (χ0v) is 14.7. The number of nitrogens with zero attached hydrogens (tertiary/aromatic N) is 1. The number of ether oxygens (including phenoxy) is 1. The molecule has 3 aromatic rings. The summed E-state index contributed by atoms with van der Waals surface area (Å²) in [5.74, 6) is -0.742. The van der Waals surface area contributed by atoms with Crippen LogP contribution in [-0.4, -0.2) is 23.6 Å². The van der Waals surface area contributed by atoms with Crippen molar-refractivity contribution in [2.45, 2.75) is 13.5 Å². The largest absolute Gasteiger partial charge is 0.464 e. The summed E-state index contributed by atoms with van der Waals surface area (Å²) in [6.07, 6.45) is 0. The number of anilines is 1. The molecular formula is C17H15ClN2O3S. The summed E-state index contributed by atoms with van der Waals surface area (Å²) in [7, 11) is 1.32. The van der Waals surface area contributed by atoms with Crippen LogP contribution in [-0.2, 0) is 16.1 Å². The van der Waals surface area contributed by atoms with Crippen LogP contribution < -0.4 is 5.32 Å². The number of amides is 1. The first-order valence-electron chi connectivity index (χ1n) is 7.20. The Balaban J connectivity index is 1.87. The number of aryl methyl sites for hydroxylation is 1. The van der Waals surface area contributed by atoms with Crippen LogP contribution in [0.3, 0.4) is 0 Å². The van der Waals surface area contributed by atoms with E-state index in [2.05, 4.69) is 5.32 Å². The predicted octanol–water partition coefficient (Wildman–Crippen LogP) is 4.09. The van der Waals surface area contributed by atoms with Crippen LogP contribution in [0.1, 0.15) is 16.1 Å². The molecule has 0 spiro atoms. The first kappa shape index (κ1) is 16.5. The lowest BCUT2D eigenvalue weighted by Crippen LogP contribution is -2.21. The molecule has 0 atom stereocenters. The number of methoxy groups -OCH3 is 1. The molecule has 1 amide bonds. The Labute approximate surface area is 147 Å². The summed E-state index contributed by atoms with van der Waals surface area (Å²) in [6.45, 7) is 1.92. The molecule has 24 heavy (non-hydrogen) atoms. The maximum Gasteiger partial charge on any atom is 0.354 e. The van der Waals surface area contributed by atoms with Gasteiger partial charge in [-0.2, -0.15) is 0 Å². The number of hydrogen-bond donors (Lipinski definition) is 1. The summed E-state index contributed by atoms with van der Waals surface area (Å²) >= 11 is 7.65. The third kappa shape index (κ3) is 3.16. The van der Waals surface area contributed by atoms with Gasteiger partial charge in [-0.3, -0.25) is 4.79 Å². The highest BCUT2D eigenvalue weighted by Crippen LogP contribution is 2.26. The average molecular weight is 363 g/mol. The molecule has 7 heteroatoms. The Hall–Kier alpha value is -2.31. The van der Waals surface area contributed by atoms with Gasteiger partial charge in [0, 0.05) is 0 Å². The SMILES string of the molecule is COC(=O)c1cc2sccc2n1CC(=O)Nc1ccc(C)cc1Cl. The minimum Gasteiger partial charge on any atom is -0.464 e. The van der Waals surface area contributed by atoms with E-state index >= 15 is 0 Å². The molecule has 0 aliphatic heterocycles. The van der Waals surface area contributed by atoms with Crippen LogP contribution in [0, 0.1) is 6.92 Å². The Morgan fingerprint density at radius 2 is 2.08 bits per heavy atom. The minimum atomic E-state index is -0.473. The maximum absolute atomic E-state index is 12.4. The monoisotopic (exact) mass is 362 g/mol. The summed E-state index contributed by atoms with van der Waals surface area (Å²) in [4.78, 5) is 24.3. The van der Waals surface area contributed by atoms with Gasteiger partial charge in [-0.15, -0.1) is 11.3 Å². The van der Waals surface area contributed by atoms with Crippen molar-refractivity contribution in [2.75, 3.05) is 12.4 Å². The van der Waals surface area contributed by atoms with E-state index < -0.39 is 5.97 Å². The number of esters is 1. The lowest BCUT2D eigenvalue weighted by atomic mass is 10.2. The van der Waals surface area contributed by atoms with E-state index in [1.165, 1.54) is 18.4 Å². The van der Waals surface area contributed by atoms with Crippen LogP contribution in [0.15, 0.2) is 35.7 Å². The molecule has 0 aliphatic rings. The van der Waals surface area contributed by atoms with E-state index in [-0.39, 0.29) is 12.5 Å². The first-order chi connectivity index (χ1) is 11.5. The zero-order chi connectivity index (χ0) is 17.3. The molecule has 0 fully saturated rings. The van der Waals surface area contributed by atoms with Crippen molar-refractivity contribution in [2.24, 2.45) is 0 Å². The number of benzene rings is 1. The topological polar surface area (TPSA) is 60.3 Å². The number of nitrogens with one attached hydrogen (secondary N) is 1. The van der Waals surface area contributed by atoms with Crippen molar-refractivity contribution in [1.82, 2.24) is 4.57 Å². The molecule has 0 saturated heterocycles. The van der Waals surface area contributed by atoms with Gasteiger partial charge in [0.1, 0.15) is 12.2 Å². The summed E-state index contributed by atoms with van der Waals surface area (Å²) in [6, 6.07) is 9.01. The lowest BCUT2D eigenvalue weighted by molar-refractivity contribution is -0.116. The zero-order valence-electron chi connectivity index (χ0n) is 13.1. The smallest absolute Gasteiger partial charge is 0.354 e. The molecule has 2 heterocycles. The predicted molar refractivity (Wildman–Crippen MR) is 96.0 cm³/mol.